The molecule has 3 aromatic rings. The van der Waals surface area contributed by atoms with Crippen molar-refractivity contribution in [1.82, 2.24) is 4.98 Å². The number of ether oxygens (including phenoxy) is 3. The Kier molecular flexibility index (Phi) is 5.46. The minimum atomic E-state index is -0.376. The highest BCUT2D eigenvalue weighted by atomic mass is 16.5. The Hall–Kier alpha value is -2.95. The number of aromatic nitrogens is 1. The van der Waals surface area contributed by atoms with Gasteiger partial charge in [0.25, 0.3) is 0 Å². The van der Waals surface area contributed by atoms with Crippen LogP contribution < -0.4 is 9.47 Å². The molecule has 5 heteroatoms. The third kappa shape index (κ3) is 3.52. The van der Waals surface area contributed by atoms with Crippen LogP contribution in [0.1, 0.15) is 31.3 Å². The van der Waals surface area contributed by atoms with E-state index < -0.39 is 0 Å². The molecule has 0 saturated carbocycles. The Morgan fingerprint density at radius 3 is 2.35 bits per heavy atom. The first kappa shape index (κ1) is 17.9. The van der Waals surface area contributed by atoms with E-state index in [1.54, 1.807) is 6.92 Å². The van der Waals surface area contributed by atoms with Crippen LogP contribution in [-0.4, -0.2) is 30.8 Å². The van der Waals surface area contributed by atoms with Crippen LogP contribution in [0.5, 0.6) is 11.5 Å². The smallest absolute Gasteiger partial charge is 0.355 e. The average molecular weight is 353 g/mol. The molecule has 2 aromatic carbocycles. The van der Waals surface area contributed by atoms with Gasteiger partial charge in [0.05, 0.1) is 19.8 Å². The van der Waals surface area contributed by atoms with Gasteiger partial charge in [0.1, 0.15) is 17.2 Å². The number of H-pyrrole nitrogens is 1. The summed E-state index contributed by atoms with van der Waals surface area (Å²) in [5.41, 5.74) is 2.97. The molecule has 0 aliphatic rings. The van der Waals surface area contributed by atoms with Gasteiger partial charge in [-0.25, -0.2) is 4.79 Å². The number of benzene rings is 2. The van der Waals surface area contributed by atoms with Crippen molar-refractivity contribution in [2.45, 2.75) is 20.8 Å². The average Bonchev–Trinajstić information content (AvgIpc) is 3.02. The molecule has 0 fully saturated rings. The van der Waals surface area contributed by atoms with E-state index in [0.717, 1.165) is 33.5 Å². The maximum absolute atomic E-state index is 12.5. The molecule has 5 nitrogen and oxygen atoms in total. The van der Waals surface area contributed by atoms with Gasteiger partial charge in [-0.2, -0.15) is 0 Å². The summed E-state index contributed by atoms with van der Waals surface area (Å²) < 4.78 is 16.5. The number of rotatable bonds is 7. The summed E-state index contributed by atoms with van der Waals surface area (Å²) in [6, 6.07) is 13.5. The van der Waals surface area contributed by atoms with Gasteiger partial charge in [0.2, 0.25) is 0 Å². The molecule has 26 heavy (non-hydrogen) atoms. The molecule has 0 bridgehead atoms. The van der Waals surface area contributed by atoms with Crippen LogP contribution in [-0.2, 0) is 4.74 Å². The van der Waals surface area contributed by atoms with Crippen molar-refractivity contribution in [3.8, 4) is 22.6 Å². The van der Waals surface area contributed by atoms with Crippen LogP contribution in [0.3, 0.4) is 0 Å². The first-order valence-corrected chi connectivity index (χ1v) is 8.86. The van der Waals surface area contributed by atoms with Crippen molar-refractivity contribution in [3.05, 3.63) is 48.2 Å². The molecule has 1 aromatic heterocycles. The molecule has 0 unspecified atom stereocenters. The second kappa shape index (κ2) is 7.95. The van der Waals surface area contributed by atoms with Crippen molar-refractivity contribution >= 4 is 16.9 Å². The van der Waals surface area contributed by atoms with E-state index in [0.29, 0.717) is 25.5 Å². The van der Waals surface area contributed by atoms with Gasteiger partial charge in [0, 0.05) is 16.5 Å². The maximum Gasteiger partial charge on any atom is 0.355 e. The quantitative estimate of drug-likeness (QED) is 0.619. The van der Waals surface area contributed by atoms with Crippen molar-refractivity contribution in [1.29, 1.82) is 0 Å². The first-order valence-electron chi connectivity index (χ1n) is 8.86. The molecule has 0 atom stereocenters. The fourth-order valence-electron chi connectivity index (χ4n) is 2.99. The van der Waals surface area contributed by atoms with Crippen LogP contribution in [0.15, 0.2) is 42.5 Å². The van der Waals surface area contributed by atoms with E-state index >= 15 is 0 Å². The molecule has 1 N–H and O–H groups in total. The monoisotopic (exact) mass is 353 g/mol. The number of carbonyl (C=O) groups excluding carboxylic acids is 1. The van der Waals surface area contributed by atoms with Crippen molar-refractivity contribution in [3.63, 3.8) is 0 Å². The zero-order valence-electron chi connectivity index (χ0n) is 15.3. The number of aromatic amines is 1. The SMILES string of the molecule is CCOC(=O)c1[nH]c2ccc(OCC)cc2c1-c1cccc(OCC)c1. The van der Waals surface area contributed by atoms with E-state index in [-0.39, 0.29) is 5.97 Å². The van der Waals surface area contributed by atoms with Crippen LogP contribution in [0.4, 0.5) is 0 Å². The largest absolute Gasteiger partial charge is 0.494 e. The molecule has 0 saturated heterocycles. The molecule has 3 rings (SSSR count). The Bertz CT molecular complexity index is 914. The Labute approximate surface area is 152 Å². The summed E-state index contributed by atoms with van der Waals surface area (Å²) in [5.74, 6) is 1.14. The lowest BCUT2D eigenvalue weighted by atomic mass is 10.0. The predicted molar refractivity (Wildman–Crippen MR) is 102 cm³/mol. The summed E-state index contributed by atoms with van der Waals surface area (Å²) in [7, 11) is 0. The third-order valence-corrected chi connectivity index (χ3v) is 3.99. The van der Waals surface area contributed by atoms with Crippen LogP contribution in [0, 0.1) is 0 Å². The Morgan fingerprint density at radius 2 is 1.65 bits per heavy atom. The molecule has 0 amide bonds. The minimum Gasteiger partial charge on any atom is -0.494 e. The van der Waals surface area contributed by atoms with Gasteiger partial charge in [-0.3, -0.25) is 0 Å². The molecule has 0 spiro atoms. The van der Waals surface area contributed by atoms with E-state index in [1.807, 2.05) is 56.3 Å². The lowest BCUT2D eigenvalue weighted by Crippen LogP contribution is -2.06. The standard InChI is InChI=1S/C21H23NO4/c1-4-24-15-9-7-8-14(12-15)19-17-13-16(25-5-2)10-11-18(17)22-20(19)21(23)26-6-3/h7-13,22H,4-6H2,1-3H3. The summed E-state index contributed by atoms with van der Waals surface area (Å²) in [5, 5.41) is 0.910. The van der Waals surface area contributed by atoms with E-state index in [9.17, 15) is 4.79 Å². The third-order valence-electron chi connectivity index (χ3n) is 3.99. The van der Waals surface area contributed by atoms with Gasteiger partial charge in [0.15, 0.2) is 0 Å². The molecular weight excluding hydrogens is 330 g/mol. The summed E-state index contributed by atoms with van der Waals surface area (Å²) in [6.07, 6.45) is 0. The summed E-state index contributed by atoms with van der Waals surface area (Å²) in [6.45, 7) is 7.15. The van der Waals surface area contributed by atoms with Crippen LogP contribution in [0.25, 0.3) is 22.0 Å². The fraction of sp³-hybridized carbons (Fsp3) is 0.286. The minimum absolute atomic E-state index is 0.316. The summed E-state index contributed by atoms with van der Waals surface area (Å²) >= 11 is 0. The maximum atomic E-state index is 12.5. The molecule has 1 heterocycles. The van der Waals surface area contributed by atoms with Gasteiger partial charge >= 0.3 is 5.97 Å². The number of hydrogen-bond acceptors (Lipinski definition) is 4. The number of esters is 1. The second-order valence-electron chi connectivity index (χ2n) is 5.70. The van der Waals surface area contributed by atoms with E-state index in [2.05, 4.69) is 4.98 Å². The van der Waals surface area contributed by atoms with Crippen LogP contribution in [0.2, 0.25) is 0 Å². The molecule has 0 aliphatic heterocycles. The zero-order chi connectivity index (χ0) is 18.5. The van der Waals surface area contributed by atoms with E-state index in [4.69, 9.17) is 14.2 Å². The van der Waals surface area contributed by atoms with Crippen LogP contribution >= 0.6 is 0 Å². The fourth-order valence-corrected chi connectivity index (χ4v) is 2.99. The van der Waals surface area contributed by atoms with E-state index in [1.165, 1.54) is 0 Å². The van der Waals surface area contributed by atoms with Gasteiger partial charge in [-0.05, 0) is 56.7 Å². The van der Waals surface area contributed by atoms with Gasteiger partial charge in [-0.15, -0.1) is 0 Å². The normalized spacial score (nSPS) is 10.7. The molecule has 0 aliphatic carbocycles. The second-order valence-corrected chi connectivity index (χ2v) is 5.70. The van der Waals surface area contributed by atoms with Gasteiger partial charge < -0.3 is 19.2 Å². The summed E-state index contributed by atoms with van der Waals surface area (Å²) in [4.78, 5) is 15.7. The number of nitrogens with one attached hydrogen (secondary N) is 1. The lowest BCUT2D eigenvalue weighted by molar-refractivity contribution is 0.0521. The number of hydrogen-bond donors (Lipinski definition) is 1. The Balaban J connectivity index is 2.21. The van der Waals surface area contributed by atoms with Crippen molar-refractivity contribution < 1.29 is 19.0 Å². The zero-order valence-corrected chi connectivity index (χ0v) is 15.3. The Morgan fingerprint density at radius 1 is 0.923 bits per heavy atom. The van der Waals surface area contributed by atoms with Crippen molar-refractivity contribution in [2.24, 2.45) is 0 Å². The molecule has 0 radical (unpaired) electrons. The first-order chi connectivity index (χ1) is 12.7. The topological polar surface area (TPSA) is 60.6 Å². The van der Waals surface area contributed by atoms with Gasteiger partial charge in [-0.1, -0.05) is 12.1 Å². The highest BCUT2D eigenvalue weighted by molar-refractivity contribution is 6.08. The molecular formula is C21H23NO4. The highest BCUT2D eigenvalue weighted by Crippen LogP contribution is 2.36. The molecule has 136 valence electrons. The predicted octanol–water partition coefficient (Wildman–Crippen LogP) is 4.81. The lowest BCUT2D eigenvalue weighted by Gasteiger charge is -2.09. The van der Waals surface area contributed by atoms with Crippen molar-refractivity contribution in [2.75, 3.05) is 19.8 Å². The highest BCUT2D eigenvalue weighted by Gasteiger charge is 2.21. The number of fused-ring (bicyclic) bond motifs is 1. The number of carbonyl (C=O) groups is 1.